The quantitative estimate of drug-likeness (QED) is 0.419. The number of hydrogen-bond acceptors (Lipinski definition) is 3. The first kappa shape index (κ1) is 25.0. The van der Waals surface area contributed by atoms with Crippen molar-refractivity contribution in [2.24, 2.45) is 40.4 Å². The fourth-order valence-electron chi connectivity index (χ4n) is 8.14. The van der Waals surface area contributed by atoms with Crippen molar-refractivity contribution in [3.05, 3.63) is 0 Å². The number of hydrogen-bond donors (Lipinski definition) is 1. The summed E-state index contributed by atoms with van der Waals surface area (Å²) in [6, 6.07) is 0. The van der Waals surface area contributed by atoms with E-state index < -0.39 is 6.16 Å². The minimum absolute atomic E-state index is 0. The van der Waals surface area contributed by atoms with Crippen molar-refractivity contribution in [1.82, 2.24) is 0 Å². The van der Waals surface area contributed by atoms with Crippen molar-refractivity contribution < 1.29 is 73.2 Å². The molecule has 0 bridgehead atoms. The molecule has 4 aliphatic carbocycles. The maximum absolute atomic E-state index is 12.2. The molecule has 0 aromatic heterocycles. The van der Waals surface area contributed by atoms with Crippen LogP contribution in [0.1, 0.15) is 78.6 Å². The SMILES string of the molecule is CC(=O)[C@H]1CC[C@H]2[C@@H]3CC[C@H]4C[C@H](OC(=O)O)CC[C@]4(C)[C@H]3CC[C@]12C.[W].[Y]. The van der Waals surface area contributed by atoms with Gasteiger partial charge in [0, 0.05) is 59.7 Å². The van der Waals surface area contributed by atoms with Crippen LogP contribution in [0.25, 0.3) is 0 Å². The van der Waals surface area contributed by atoms with Gasteiger partial charge in [0.2, 0.25) is 0 Å². The van der Waals surface area contributed by atoms with Crippen LogP contribution in [0.3, 0.4) is 0 Å². The van der Waals surface area contributed by atoms with Crippen LogP contribution in [0.5, 0.6) is 0 Å². The van der Waals surface area contributed by atoms with Crippen molar-refractivity contribution in [2.45, 2.75) is 84.7 Å². The predicted octanol–water partition coefficient (Wildman–Crippen LogP) is 5.29. The maximum atomic E-state index is 12.2. The van der Waals surface area contributed by atoms with Crippen LogP contribution >= 0.6 is 0 Å². The van der Waals surface area contributed by atoms with Gasteiger partial charge in [0.15, 0.2) is 0 Å². The average Bonchev–Trinajstić information content (AvgIpc) is 2.92. The Kier molecular flexibility index (Phi) is 8.10. The molecule has 0 amide bonds. The zero-order valence-electron chi connectivity index (χ0n) is 17.5. The molecule has 0 aromatic rings. The molecule has 4 rings (SSSR count). The minimum Gasteiger partial charge on any atom is -0.450 e. The Morgan fingerprint density at radius 1 is 0.929 bits per heavy atom. The first-order valence-electron chi connectivity index (χ1n) is 10.7. The van der Waals surface area contributed by atoms with Crippen molar-refractivity contribution in [3.63, 3.8) is 0 Å². The molecular formula is C22H34O4WY. The van der Waals surface area contributed by atoms with Gasteiger partial charge in [-0.2, -0.15) is 0 Å². The van der Waals surface area contributed by atoms with E-state index in [1.807, 2.05) is 0 Å². The van der Waals surface area contributed by atoms with Crippen molar-refractivity contribution in [2.75, 3.05) is 0 Å². The summed E-state index contributed by atoms with van der Waals surface area (Å²) in [4.78, 5) is 23.2. The van der Waals surface area contributed by atoms with E-state index in [9.17, 15) is 9.59 Å². The number of rotatable bonds is 2. The third-order valence-corrected chi connectivity index (χ3v) is 9.38. The molecule has 8 atom stereocenters. The second kappa shape index (κ2) is 9.07. The fourth-order valence-corrected chi connectivity index (χ4v) is 8.14. The van der Waals surface area contributed by atoms with Gasteiger partial charge < -0.3 is 9.84 Å². The molecule has 28 heavy (non-hydrogen) atoms. The van der Waals surface area contributed by atoms with Gasteiger partial charge in [-0.3, -0.25) is 4.79 Å². The number of carbonyl (C=O) groups is 2. The second-order valence-corrected chi connectivity index (χ2v) is 10.2. The average molecular weight is 635 g/mol. The summed E-state index contributed by atoms with van der Waals surface area (Å²) in [5, 5.41) is 8.96. The van der Waals surface area contributed by atoms with Gasteiger partial charge in [0.05, 0.1) is 0 Å². The number of Topliss-reactive ketones (excluding diaryl/α,β-unsaturated/α-hetero) is 1. The third kappa shape index (κ3) is 3.97. The van der Waals surface area contributed by atoms with Gasteiger partial charge in [-0.1, -0.05) is 13.8 Å². The first-order valence-corrected chi connectivity index (χ1v) is 10.7. The zero-order chi connectivity index (χ0) is 18.7. The van der Waals surface area contributed by atoms with Crippen LogP contribution in [0, 0.1) is 40.4 Å². The molecular weight excluding hydrogens is 601 g/mol. The molecule has 4 nitrogen and oxygen atoms in total. The third-order valence-electron chi connectivity index (χ3n) is 9.38. The van der Waals surface area contributed by atoms with Crippen molar-refractivity contribution >= 4 is 11.9 Å². The first-order chi connectivity index (χ1) is 12.3. The van der Waals surface area contributed by atoms with Crippen LogP contribution in [-0.4, -0.2) is 23.1 Å². The van der Waals surface area contributed by atoms with E-state index in [0.29, 0.717) is 23.0 Å². The molecule has 0 aromatic carbocycles. The summed E-state index contributed by atoms with van der Waals surface area (Å²) in [7, 11) is 0. The van der Waals surface area contributed by atoms with Crippen LogP contribution in [0.15, 0.2) is 0 Å². The van der Waals surface area contributed by atoms with Crippen molar-refractivity contribution in [1.29, 1.82) is 0 Å². The Morgan fingerprint density at radius 3 is 2.21 bits per heavy atom. The smallest absolute Gasteiger partial charge is 0.450 e. The largest absolute Gasteiger partial charge is 0.506 e. The molecule has 0 spiro atoms. The topological polar surface area (TPSA) is 63.6 Å². The zero-order valence-corrected chi connectivity index (χ0v) is 23.3. The van der Waals surface area contributed by atoms with E-state index in [-0.39, 0.29) is 71.2 Å². The molecule has 4 aliphatic rings. The maximum Gasteiger partial charge on any atom is 0.506 e. The molecule has 1 radical (unpaired) electrons. The Bertz CT molecular complexity index is 613. The summed E-state index contributed by atoms with van der Waals surface area (Å²) in [5.41, 5.74) is 0.552. The number of ether oxygens (including phenoxy) is 1. The molecule has 6 heteroatoms. The van der Waals surface area contributed by atoms with E-state index in [1.165, 1.54) is 32.1 Å². The molecule has 4 fully saturated rings. The van der Waals surface area contributed by atoms with Gasteiger partial charge >= 0.3 is 6.16 Å². The Labute approximate surface area is 208 Å². The van der Waals surface area contributed by atoms with Gasteiger partial charge in [0.25, 0.3) is 0 Å². The van der Waals surface area contributed by atoms with E-state index in [0.717, 1.165) is 37.5 Å². The summed E-state index contributed by atoms with van der Waals surface area (Å²) >= 11 is 0. The fraction of sp³-hybridized carbons (Fsp3) is 0.909. The number of carbonyl (C=O) groups excluding carboxylic acids is 1. The monoisotopic (exact) mass is 635 g/mol. The number of fused-ring (bicyclic) bond motifs is 5. The van der Waals surface area contributed by atoms with E-state index >= 15 is 0 Å². The van der Waals surface area contributed by atoms with Gasteiger partial charge in [0.1, 0.15) is 11.9 Å². The Morgan fingerprint density at radius 2 is 1.57 bits per heavy atom. The molecule has 1 N–H and O–H groups in total. The van der Waals surface area contributed by atoms with Crippen LogP contribution in [-0.2, 0) is 63.3 Å². The molecule has 0 unspecified atom stereocenters. The number of carboxylic acid groups (broad SMARTS) is 1. The summed E-state index contributed by atoms with van der Waals surface area (Å²) < 4.78 is 5.13. The molecule has 0 saturated heterocycles. The summed E-state index contributed by atoms with van der Waals surface area (Å²) in [5.74, 6) is 3.49. The normalized spacial score (nSPS) is 46.7. The van der Waals surface area contributed by atoms with E-state index in [2.05, 4.69) is 13.8 Å². The van der Waals surface area contributed by atoms with E-state index in [1.54, 1.807) is 6.92 Å². The second-order valence-electron chi connectivity index (χ2n) is 10.2. The summed E-state index contributed by atoms with van der Waals surface area (Å²) in [6.07, 6.45) is 8.87. The molecule has 0 heterocycles. The van der Waals surface area contributed by atoms with Crippen LogP contribution < -0.4 is 0 Å². The minimum atomic E-state index is -1.12. The van der Waals surface area contributed by atoms with Gasteiger partial charge in [-0.15, -0.1) is 0 Å². The number of ketones is 1. The Hall–Kier alpha value is 0.732. The molecule has 4 saturated carbocycles. The van der Waals surface area contributed by atoms with Crippen LogP contribution in [0.4, 0.5) is 4.79 Å². The van der Waals surface area contributed by atoms with Gasteiger partial charge in [-0.05, 0) is 99.2 Å². The van der Waals surface area contributed by atoms with Gasteiger partial charge in [-0.25, -0.2) is 4.79 Å². The predicted molar refractivity (Wildman–Crippen MR) is 98.8 cm³/mol. The standard InChI is InChI=1S/C22H34O4.W.Y/c1-13(23)17-6-7-18-16-5-4-14-12-15(26-20(24)25)8-10-21(14,2)19(16)9-11-22(17,18)3;;/h14-19H,4-12H2,1-3H3,(H,24,25);;/t14-,15+,16-,17+,18-,19-,21-,22+;;/m0../s1. The molecule has 155 valence electrons. The molecule has 0 aliphatic heterocycles. The van der Waals surface area contributed by atoms with Crippen molar-refractivity contribution in [3.8, 4) is 0 Å². The Balaban J connectivity index is 0.00000140. The van der Waals surface area contributed by atoms with E-state index in [4.69, 9.17) is 9.84 Å². The van der Waals surface area contributed by atoms with Crippen LogP contribution in [0.2, 0.25) is 0 Å². The summed E-state index contributed by atoms with van der Waals surface area (Å²) in [6.45, 7) is 6.68.